The van der Waals surface area contributed by atoms with Gasteiger partial charge in [0, 0.05) is 56.3 Å². The summed E-state index contributed by atoms with van der Waals surface area (Å²) >= 11 is 0. The van der Waals surface area contributed by atoms with Crippen LogP contribution in [0.5, 0.6) is 0 Å². The van der Waals surface area contributed by atoms with E-state index >= 15 is 0 Å². The molecule has 0 atom stereocenters. The van der Waals surface area contributed by atoms with E-state index in [9.17, 15) is 4.79 Å². The molecule has 0 spiro atoms. The zero-order chi connectivity index (χ0) is 19.2. The Morgan fingerprint density at radius 3 is 1.86 bits per heavy atom. The van der Waals surface area contributed by atoms with E-state index in [0.29, 0.717) is 6.42 Å². The molecular weight excluding hydrogens is 346 g/mol. The monoisotopic (exact) mass is 372 g/mol. The zero-order valence-electron chi connectivity index (χ0n) is 16.0. The van der Waals surface area contributed by atoms with Gasteiger partial charge in [0.25, 0.3) is 0 Å². The summed E-state index contributed by atoms with van der Waals surface area (Å²) in [5.41, 5.74) is 3.60. The van der Waals surface area contributed by atoms with E-state index in [1.165, 1.54) is 16.8 Å². The van der Waals surface area contributed by atoms with Gasteiger partial charge in [-0.2, -0.15) is 0 Å². The van der Waals surface area contributed by atoms with Crippen molar-refractivity contribution in [2.75, 3.05) is 31.1 Å². The van der Waals surface area contributed by atoms with E-state index in [2.05, 4.69) is 46.3 Å². The number of benzene rings is 2. The highest BCUT2D eigenvalue weighted by molar-refractivity contribution is 5.78. The summed E-state index contributed by atoms with van der Waals surface area (Å²) in [6.07, 6.45) is 4.39. The SMILES string of the molecule is O=C(CC(c1ccccc1)c1ccccc1)N1CCN(c2cc[nH+]cc2)CC1. The first-order chi connectivity index (χ1) is 13.8. The van der Waals surface area contributed by atoms with Crippen LogP contribution in [0.3, 0.4) is 0 Å². The molecule has 0 saturated carbocycles. The second kappa shape index (κ2) is 8.70. The first kappa shape index (κ1) is 18.2. The molecule has 142 valence electrons. The van der Waals surface area contributed by atoms with Gasteiger partial charge in [0.2, 0.25) is 5.91 Å². The maximum Gasteiger partial charge on any atom is 0.223 e. The second-order valence-electron chi connectivity index (χ2n) is 7.20. The van der Waals surface area contributed by atoms with Gasteiger partial charge in [0.1, 0.15) is 0 Å². The van der Waals surface area contributed by atoms with E-state index < -0.39 is 0 Å². The van der Waals surface area contributed by atoms with Gasteiger partial charge >= 0.3 is 0 Å². The van der Waals surface area contributed by atoms with E-state index in [-0.39, 0.29) is 11.8 Å². The van der Waals surface area contributed by atoms with Gasteiger partial charge in [0.05, 0.1) is 0 Å². The largest absolute Gasteiger partial charge is 0.368 e. The molecule has 1 aromatic heterocycles. The molecule has 0 aliphatic carbocycles. The minimum absolute atomic E-state index is 0.0950. The van der Waals surface area contributed by atoms with Gasteiger partial charge in [-0.3, -0.25) is 4.79 Å². The van der Waals surface area contributed by atoms with Crippen LogP contribution in [-0.2, 0) is 4.79 Å². The number of nitrogens with zero attached hydrogens (tertiary/aromatic N) is 2. The van der Waals surface area contributed by atoms with Gasteiger partial charge in [-0.1, -0.05) is 60.7 Å². The fraction of sp³-hybridized carbons (Fsp3) is 0.250. The van der Waals surface area contributed by atoms with Crippen LogP contribution in [0, 0.1) is 0 Å². The lowest BCUT2D eigenvalue weighted by atomic mass is 9.88. The first-order valence-corrected chi connectivity index (χ1v) is 9.90. The third kappa shape index (κ3) is 4.22. The van der Waals surface area contributed by atoms with Gasteiger partial charge in [0.15, 0.2) is 12.4 Å². The van der Waals surface area contributed by atoms with Crippen molar-refractivity contribution in [2.45, 2.75) is 12.3 Å². The lowest BCUT2D eigenvalue weighted by Gasteiger charge is -2.36. The molecule has 2 heterocycles. The molecule has 3 aromatic rings. The Balaban J connectivity index is 1.44. The van der Waals surface area contributed by atoms with Gasteiger partial charge in [-0.05, 0) is 11.1 Å². The highest BCUT2D eigenvalue weighted by Gasteiger charge is 2.25. The minimum atomic E-state index is 0.0950. The van der Waals surface area contributed by atoms with Crippen LogP contribution in [-0.4, -0.2) is 37.0 Å². The lowest BCUT2D eigenvalue weighted by molar-refractivity contribution is -0.377. The number of anilines is 1. The third-order valence-electron chi connectivity index (χ3n) is 5.48. The van der Waals surface area contributed by atoms with Crippen molar-refractivity contribution in [3.63, 3.8) is 0 Å². The van der Waals surface area contributed by atoms with Crippen molar-refractivity contribution in [1.29, 1.82) is 0 Å². The summed E-state index contributed by atoms with van der Waals surface area (Å²) in [5, 5.41) is 0. The molecule has 1 aliphatic heterocycles. The Morgan fingerprint density at radius 2 is 1.32 bits per heavy atom. The molecule has 0 bridgehead atoms. The zero-order valence-corrected chi connectivity index (χ0v) is 16.0. The highest BCUT2D eigenvalue weighted by atomic mass is 16.2. The number of nitrogens with one attached hydrogen (secondary N) is 1. The van der Waals surface area contributed by atoms with Crippen molar-refractivity contribution >= 4 is 11.6 Å². The van der Waals surface area contributed by atoms with E-state index in [4.69, 9.17) is 0 Å². The molecule has 1 aliphatic rings. The predicted octanol–water partition coefficient (Wildman–Crippen LogP) is 3.37. The molecule has 0 unspecified atom stereocenters. The predicted molar refractivity (Wildman–Crippen MR) is 111 cm³/mol. The Hall–Kier alpha value is -3.14. The van der Waals surface area contributed by atoms with Crippen LogP contribution >= 0.6 is 0 Å². The van der Waals surface area contributed by atoms with Crippen molar-refractivity contribution in [3.8, 4) is 0 Å². The van der Waals surface area contributed by atoms with Crippen LogP contribution in [0.2, 0.25) is 0 Å². The molecule has 28 heavy (non-hydrogen) atoms. The molecule has 1 saturated heterocycles. The van der Waals surface area contributed by atoms with Crippen LogP contribution in [0.25, 0.3) is 0 Å². The maximum absolute atomic E-state index is 13.1. The molecule has 4 nitrogen and oxygen atoms in total. The molecule has 0 radical (unpaired) electrons. The van der Waals surface area contributed by atoms with Crippen molar-refractivity contribution in [2.24, 2.45) is 0 Å². The standard InChI is InChI=1S/C24H25N3O/c28-24(27-17-15-26(16-18-27)22-11-13-25-14-12-22)19-23(20-7-3-1-4-8-20)21-9-5-2-6-10-21/h1-14,23H,15-19H2/p+1. The van der Waals surface area contributed by atoms with Crippen LogP contribution < -0.4 is 9.88 Å². The van der Waals surface area contributed by atoms with Crippen LogP contribution in [0.15, 0.2) is 85.2 Å². The molecule has 4 heteroatoms. The van der Waals surface area contributed by atoms with Crippen molar-refractivity contribution in [1.82, 2.24) is 4.90 Å². The van der Waals surface area contributed by atoms with E-state index in [0.717, 1.165) is 26.2 Å². The number of hydrogen-bond acceptors (Lipinski definition) is 2. The average Bonchev–Trinajstić information content (AvgIpc) is 2.79. The molecular formula is C24H26N3O+. The number of hydrogen-bond donors (Lipinski definition) is 0. The number of carbonyl (C=O) groups excluding carboxylic acids is 1. The number of piperazine rings is 1. The number of aromatic nitrogens is 1. The maximum atomic E-state index is 13.1. The van der Waals surface area contributed by atoms with Gasteiger partial charge in [-0.25, -0.2) is 4.98 Å². The number of carbonyl (C=O) groups is 1. The molecule has 1 N–H and O–H groups in total. The number of aromatic amines is 1. The number of pyridine rings is 1. The summed E-state index contributed by atoms with van der Waals surface area (Å²) in [4.78, 5) is 20.5. The summed E-state index contributed by atoms with van der Waals surface area (Å²) in [7, 11) is 0. The fourth-order valence-corrected chi connectivity index (χ4v) is 3.91. The third-order valence-corrected chi connectivity index (χ3v) is 5.48. The minimum Gasteiger partial charge on any atom is -0.368 e. The van der Waals surface area contributed by atoms with Crippen LogP contribution in [0.1, 0.15) is 23.5 Å². The first-order valence-electron chi connectivity index (χ1n) is 9.90. The van der Waals surface area contributed by atoms with Gasteiger partial charge in [-0.15, -0.1) is 0 Å². The lowest BCUT2D eigenvalue weighted by Crippen LogP contribution is -2.49. The fourth-order valence-electron chi connectivity index (χ4n) is 3.91. The topological polar surface area (TPSA) is 37.7 Å². The van der Waals surface area contributed by atoms with Gasteiger partial charge < -0.3 is 9.80 Å². The van der Waals surface area contributed by atoms with Crippen molar-refractivity contribution in [3.05, 3.63) is 96.3 Å². The normalized spacial score (nSPS) is 14.3. The molecule has 4 rings (SSSR count). The average molecular weight is 372 g/mol. The summed E-state index contributed by atoms with van der Waals surface area (Å²) in [6, 6.07) is 24.9. The smallest absolute Gasteiger partial charge is 0.223 e. The summed E-state index contributed by atoms with van der Waals surface area (Å²) in [5.74, 6) is 0.330. The number of amides is 1. The quantitative estimate of drug-likeness (QED) is 0.689. The Bertz CT molecular complexity index is 836. The molecule has 1 fully saturated rings. The number of rotatable bonds is 5. The number of H-pyrrole nitrogens is 1. The molecule has 2 aromatic carbocycles. The Kier molecular flexibility index (Phi) is 5.66. The highest BCUT2D eigenvalue weighted by Crippen LogP contribution is 2.29. The summed E-state index contributed by atoms with van der Waals surface area (Å²) in [6.45, 7) is 3.29. The Labute approximate surface area is 166 Å². The molecule has 1 amide bonds. The Morgan fingerprint density at radius 1 is 0.786 bits per heavy atom. The second-order valence-corrected chi connectivity index (χ2v) is 7.20. The van der Waals surface area contributed by atoms with E-state index in [1.807, 2.05) is 53.7 Å². The summed E-state index contributed by atoms with van der Waals surface area (Å²) < 4.78 is 0. The van der Waals surface area contributed by atoms with Crippen molar-refractivity contribution < 1.29 is 9.78 Å². The van der Waals surface area contributed by atoms with Crippen LogP contribution in [0.4, 0.5) is 5.69 Å². The van der Waals surface area contributed by atoms with E-state index in [1.54, 1.807) is 0 Å².